The Morgan fingerprint density at radius 3 is 2.22 bits per heavy atom. The van der Waals surface area contributed by atoms with E-state index in [2.05, 4.69) is 10.6 Å². The van der Waals surface area contributed by atoms with Crippen molar-refractivity contribution >= 4 is 29.3 Å². The molecule has 0 aromatic heterocycles. The molecule has 1 rings (SSSR count). The van der Waals surface area contributed by atoms with Gasteiger partial charge in [0.1, 0.15) is 11.6 Å². The number of ether oxygens (including phenoxy) is 1. The van der Waals surface area contributed by atoms with Crippen molar-refractivity contribution in [3.05, 3.63) is 29.3 Å². The molecule has 0 aliphatic carbocycles. The summed E-state index contributed by atoms with van der Waals surface area (Å²) >= 11 is 5.80. The smallest absolute Gasteiger partial charge is 0.329 e. The van der Waals surface area contributed by atoms with Gasteiger partial charge in [0.25, 0.3) is 0 Å². The lowest BCUT2D eigenvalue weighted by molar-refractivity contribution is -0.157. The predicted molar refractivity (Wildman–Crippen MR) is 92.7 cm³/mol. The summed E-state index contributed by atoms with van der Waals surface area (Å²) in [5.41, 5.74) is 0.0000742. The van der Waals surface area contributed by atoms with E-state index >= 15 is 0 Å². The lowest BCUT2D eigenvalue weighted by Gasteiger charge is -2.25. The average Bonchev–Trinajstić information content (AvgIpc) is 2.38. The van der Waals surface area contributed by atoms with E-state index in [-0.39, 0.29) is 5.92 Å². The molecule has 0 saturated carbocycles. The largest absolute Gasteiger partial charge is 0.458 e. The second kappa shape index (κ2) is 8.20. The minimum atomic E-state index is -0.693. The number of anilines is 1. The minimum absolute atomic E-state index is 0.239. The fourth-order valence-electron chi connectivity index (χ4n) is 1.92. The number of hydrogen-bond acceptors (Lipinski definition) is 3. The Morgan fingerprint density at radius 2 is 1.74 bits per heavy atom. The molecule has 0 heterocycles. The Bertz CT molecular complexity index is 536. The molecule has 23 heavy (non-hydrogen) atoms. The van der Waals surface area contributed by atoms with E-state index in [0.29, 0.717) is 17.1 Å². The zero-order valence-electron chi connectivity index (χ0n) is 14.3. The van der Waals surface area contributed by atoms with Crippen LogP contribution in [0.2, 0.25) is 5.02 Å². The van der Waals surface area contributed by atoms with E-state index in [4.69, 9.17) is 16.3 Å². The molecule has 2 amide bonds. The molecule has 0 fully saturated rings. The summed E-state index contributed by atoms with van der Waals surface area (Å²) in [5.74, 6) is -0.194. The molecule has 1 aromatic carbocycles. The van der Waals surface area contributed by atoms with Crippen LogP contribution in [0.25, 0.3) is 0 Å². The molecule has 1 aromatic rings. The highest BCUT2D eigenvalue weighted by Crippen LogP contribution is 2.15. The molecule has 0 aliphatic rings. The molecule has 0 aliphatic heterocycles. The maximum absolute atomic E-state index is 12.2. The van der Waals surface area contributed by atoms with Gasteiger partial charge in [-0.05, 0) is 57.4 Å². The van der Waals surface area contributed by atoms with Crippen LogP contribution in [0.3, 0.4) is 0 Å². The van der Waals surface area contributed by atoms with Gasteiger partial charge in [-0.15, -0.1) is 0 Å². The Hall–Kier alpha value is -1.75. The number of carbonyl (C=O) groups is 2. The van der Waals surface area contributed by atoms with Crippen molar-refractivity contribution in [3.63, 3.8) is 0 Å². The molecule has 0 radical (unpaired) electrons. The Kier molecular flexibility index (Phi) is 6.88. The second-order valence-electron chi connectivity index (χ2n) is 6.82. The fraction of sp³-hybridized carbons (Fsp3) is 0.529. The molecular formula is C17H25ClN2O3. The third-order valence-electron chi connectivity index (χ3n) is 2.81. The number of hydrogen-bond donors (Lipinski definition) is 2. The lowest BCUT2D eigenvalue weighted by Crippen LogP contribution is -2.46. The Morgan fingerprint density at radius 1 is 1.17 bits per heavy atom. The molecule has 0 saturated heterocycles. The van der Waals surface area contributed by atoms with Gasteiger partial charge in [-0.25, -0.2) is 9.59 Å². The number of benzene rings is 1. The number of rotatable bonds is 5. The van der Waals surface area contributed by atoms with Gasteiger partial charge in [-0.2, -0.15) is 0 Å². The second-order valence-corrected chi connectivity index (χ2v) is 7.26. The summed E-state index contributed by atoms with van der Waals surface area (Å²) in [4.78, 5) is 24.3. The van der Waals surface area contributed by atoms with Crippen LogP contribution in [-0.4, -0.2) is 23.6 Å². The highest BCUT2D eigenvalue weighted by Gasteiger charge is 2.27. The zero-order valence-corrected chi connectivity index (χ0v) is 15.0. The van der Waals surface area contributed by atoms with Crippen LogP contribution in [0, 0.1) is 5.92 Å². The van der Waals surface area contributed by atoms with Gasteiger partial charge in [0.2, 0.25) is 0 Å². The number of esters is 1. The quantitative estimate of drug-likeness (QED) is 0.789. The number of amides is 2. The summed E-state index contributed by atoms with van der Waals surface area (Å²) in [6.07, 6.45) is 0.503. The highest BCUT2D eigenvalue weighted by atomic mass is 35.5. The van der Waals surface area contributed by atoms with E-state index in [1.54, 1.807) is 45.0 Å². The van der Waals surface area contributed by atoms with Gasteiger partial charge in [0.15, 0.2) is 0 Å². The number of halogens is 1. The third kappa shape index (κ3) is 7.88. The first-order valence-corrected chi connectivity index (χ1v) is 8.00. The van der Waals surface area contributed by atoms with E-state index < -0.39 is 23.6 Å². The fourth-order valence-corrected chi connectivity index (χ4v) is 2.04. The topological polar surface area (TPSA) is 67.4 Å². The molecule has 2 N–H and O–H groups in total. The van der Waals surface area contributed by atoms with Crippen LogP contribution in [-0.2, 0) is 9.53 Å². The van der Waals surface area contributed by atoms with Crippen molar-refractivity contribution in [1.29, 1.82) is 0 Å². The summed E-state index contributed by atoms with van der Waals surface area (Å²) in [6.45, 7) is 9.35. The molecule has 1 atom stereocenters. The van der Waals surface area contributed by atoms with Crippen molar-refractivity contribution < 1.29 is 14.3 Å². The van der Waals surface area contributed by atoms with Gasteiger partial charge in [-0.3, -0.25) is 0 Å². The maximum atomic E-state index is 12.2. The summed E-state index contributed by atoms with van der Waals surface area (Å²) < 4.78 is 5.37. The first-order chi connectivity index (χ1) is 10.6. The number of carbonyl (C=O) groups excluding carboxylic acids is 2. The van der Waals surface area contributed by atoms with Crippen molar-refractivity contribution in [3.8, 4) is 0 Å². The van der Waals surface area contributed by atoms with Crippen LogP contribution in [0.1, 0.15) is 41.0 Å². The van der Waals surface area contributed by atoms with Crippen molar-refractivity contribution in [2.75, 3.05) is 5.32 Å². The van der Waals surface area contributed by atoms with Crippen LogP contribution >= 0.6 is 11.6 Å². The van der Waals surface area contributed by atoms with Crippen LogP contribution in [0.4, 0.5) is 10.5 Å². The molecule has 6 heteroatoms. The third-order valence-corrected chi connectivity index (χ3v) is 3.06. The van der Waals surface area contributed by atoms with Crippen LogP contribution in [0.15, 0.2) is 24.3 Å². The van der Waals surface area contributed by atoms with Gasteiger partial charge in [0.05, 0.1) is 0 Å². The maximum Gasteiger partial charge on any atom is 0.329 e. The van der Waals surface area contributed by atoms with Gasteiger partial charge in [0, 0.05) is 10.7 Å². The number of urea groups is 1. The molecule has 0 spiro atoms. The van der Waals surface area contributed by atoms with Gasteiger partial charge < -0.3 is 15.4 Å². The Labute approximate surface area is 142 Å². The average molecular weight is 341 g/mol. The zero-order chi connectivity index (χ0) is 17.6. The summed E-state index contributed by atoms with van der Waals surface area (Å²) in [7, 11) is 0. The van der Waals surface area contributed by atoms with E-state index in [1.807, 2.05) is 13.8 Å². The molecule has 0 bridgehead atoms. The normalized spacial score (nSPS) is 12.7. The van der Waals surface area contributed by atoms with Crippen molar-refractivity contribution in [2.45, 2.75) is 52.7 Å². The lowest BCUT2D eigenvalue weighted by atomic mass is 10.0. The minimum Gasteiger partial charge on any atom is -0.458 e. The molecular weight excluding hydrogens is 316 g/mol. The van der Waals surface area contributed by atoms with Crippen molar-refractivity contribution in [2.24, 2.45) is 5.92 Å². The van der Waals surface area contributed by atoms with Crippen LogP contribution in [0.5, 0.6) is 0 Å². The Balaban J connectivity index is 2.70. The summed E-state index contributed by atoms with van der Waals surface area (Å²) in [6, 6.07) is 5.58. The van der Waals surface area contributed by atoms with E-state index in [9.17, 15) is 9.59 Å². The molecule has 5 nitrogen and oxygen atoms in total. The standard InChI is InChI=1S/C17H25ClN2O3/c1-11(2)10-14(15(21)23-17(3,4)5)20-16(22)19-13-8-6-12(18)7-9-13/h6-9,11,14H,10H2,1-5H3,(H2,19,20,22). The van der Waals surface area contributed by atoms with Gasteiger partial charge in [-0.1, -0.05) is 25.4 Å². The summed E-state index contributed by atoms with van der Waals surface area (Å²) in [5, 5.41) is 5.94. The first-order valence-electron chi connectivity index (χ1n) is 7.63. The monoisotopic (exact) mass is 340 g/mol. The molecule has 1 unspecified atom stereocenters. The van der Waals surface area contributed by atoms with Gasteiger partial charge >= 0.3 is 12.0 Å². The number of nitrogens with one attached hydrogen (secondary N) is 2. The first kappa shape index (κ1) is 19.3. The van der Waals surface area contributed by atoms with Crippen molar-refractivity contribution in [1.82, 2.24) is 5.32 Å². The van der Waals surface area contributed by atoms with E-state index in [0.717, 1.165) is 0 Å². The highest BCUT2D eigenvalue weighted by molar-refractivity contribution is 6.30. The van der Waals surface area contributed by atoms with E-state index in [1.165, 1.54) is 0 Å². The predicted octanol–water partition coefficient (Wildman–Crippen LogP) is 4.22. The molecule has 128 valence electrons. The SMILES string of the molecule is CC(C)CC(NC(=O)Nc1ccc(Cl)cc1)C(=O)OC(C)(C)C. The van der Waals surface area contributed by atoms with Crippen LogP contribution < -0.4 is 10.6 Å².